The van der Waals surface area contributed by atoms with Crippen LogP contribution in [0.1, 0.15) is 24.8 Å². The Morgan fingerprint density at radius 2 is 2.29 bits per heavy atom. The highest BCUT2D eigenvalue weighted by Gasteiger charge is 2.26. The highest BCUT2D eigenvalue weighted by Crippen LogP contribution is 2.30. The molecule has 4 heteroatoms. The van der Waals surface area contributed by atoms with Crippen molar-refractivity contribution in [3.8, 4) is 6.07 Å². The van der Waals surface area contributed by atoms with E-state index in [0.29, 0.717) is 24.1 Å². The molecule has 1 fully saturated rings. The lowest BCUT2D eigenvalue weighted by atomic mass is 10.0. The second-order valence-corrected chi connectivity index (χ2v) is 5.31. The van der Waals surface area contributed by atoms with E-state index in [0.717, 1.165) is 16.6 Å². The number of anilines is 1. The first-order chi connectivity index (χ1) is 8.26. The zero-order valence-corrected chi connectivity index (χ0v) is 11.2. The van der Waals surface area contributed by atoms with Gasteiger partial charge in [0.05, 0.1) is 11.3 Å². The number of benzene rings is 1. The molecule has 0 aliphatic heterocycles. The smallest absolute Gasteiger partial charge is 0.103 e. The monoisotopic (exact) mass is 293 g/mol. The van der Waals surface area contributed by atoms with Crippen LogP contribution in [0.4, 0.5) is 5.69 Å². The second kappa shape index (κ2) is 5.52. The molecular formula is C13H16BrN3. The molecule has 0 spiro atoms. The first-order valence-electron chi connectivity index (χ1n) is 5.91. The zero-order valence-electron chi connectivity index (χ0n) is 9.62. The Balaban J connectivity index is 2.19. The van der Waals surface area contributed by atoms with Crippen LogP contribution in [-0.4, -0.2) is 12.6 Å². The van der Waals surface area contributed by atoms with E-state index in [9.17, 15) is 0 Å². The summed E-state index contributed by atoms with van der Waals surface area (Å²) in [5.74, 6) is 0.528. The van der Waals surface area contributed by atoms with Gasteiger partial charge in [0, 0.05) is 10.5 Å². The molecule has 0 radical (unpaired) electrons. The number of hydrogen-bond acceptors (Lipinski definition) is 3. The Morgan fingerprint density at radius 3 is 3.00 bits per heavy atom. The molecule has 1 aliphatic carbocycles. The summed E-state index contributed by atoms with van der Waals surface area (Å²) in [6, 6.07) is 8.42. The first-order valence-corrected chi connectivity index (χ1v) is 6.70. The topological polar surface area (TPSA) is 61.8 Å². The largest absolute Gasteiger partial charge is 0.381 e. The molecule has 1 aliphatic rings. The molecule has 0 bridgehead atoms. The molecule has 90 valence electrons. The van der Waals surface area contributed by atoms with Gasteiger partial charge in [-0.25, -0.2) is 0 Å². The van der Waals surface area contributed by atoms with Crippen LogP contribution in [0.15, 0.2) is 22.7 Å². The predicted molar refractivity (Wildman–Crippen MR) is 72.7 cm³/mol. The highest BCUT2D eigenvalue weighted by atomic mass is 79.9. The van der Waals surface area contributed by atoms with Crippen molar-refractivity contribution in [2.24, 2.45) is 11.7 Å². The maximum atomic E-state index is 9.15. The molecule has 1 saturated carbocycles. The molecular weight excluding hydrogens is 278 g/mol. The van der Waals surface area contributed by atoms with Crippen LogP contribution in [0.5, 0.6) is 0 Å². The van der Waals surface area contributed by atoms with Crippen molar-refractivity contribution in [2.45, 2.75) is 25.3 Å². The molecule has 2 atom stereocenters. The number of rotatable bonds is 3. The minimum atomic E-state index is 0.404. The van der Waals surface area contributed by atoms with Gasteiger partial charge in [0.1, 0.15) is 6.07 Å². The van der Waals surface area contributed by atoms with E-state index in [2.05, 4.69) is 27.3 Å². The molecule has 1 aromatic carbocycles. The van der Waals surface area contributed by atoms with Crippen molar-refractivity contribution in [3.05, 3.63) is 28.2 Å². The number of halogens is 1. The summed E-state index contributed by atoms with van der Waals surface area (Å²) in [6.07, 6.45) is 3.54. The summed E-state index contributed by atoms with van der Waals surface area (Å²) in [5.41, 5.74) is 7.35. The highest BCUT2D eigenvalue weighted by molar-refractivity contribution is 9.10. The van der Waals surface area contributed by atoms with Crippen molar-refractivity contribution in [3.63, 3.8) is 0 Å². The van der Waals surface area contributed by atoms with Gasteiger partial charge in [-0.15, -0.1) is 0 Å². The van der Waals surface area contributed by atoms with Crippen molar-refractivity contribution in [2.75, 3.05) is 11.9 Å². The van der Waals surface area contributed by atoms with Crippen LogP contribution in [-0.2, 0) is 0 Å². The summed E-state index contributed by atoms with van der Waals surface area (Å²) in [7, 11) is 0. The van der Waals surface area contributed by atoms with Crippen molar-refractivity contribution < 1.29 is 0 Å². The van der Waals surface area contributed by atoms with Crippen LogP contribution < -0.4 is 11.1 Å². The van der Waals surface area contributed by atoms with E-state index >= 15 is 0 Å². The Kier molecular flexibility index (Phi) is 4.03. The van der Waals surface area contributed by atoms with Gasteiger partial charge in [-0.1, -0.05) is 12.5 Å². The van der Waals surface area contributed by atoms with Crippen LogP contribution in [0.25, 0.3) is 0 Å². The van der Waals surface area contributed by atoms with Gasteiger partial charge in [-0.3, -0.25) is 0 Å². The lowest BCUT2D eigenvalue weighted by Gasteiger charge is -2.21. The minimum absolute atomic E-state index is 0.404. The predicted octanol–water partition coefficient (Wildman–Crippen LogP) is 2.86. The molecule has 1 aromatic rings. The lowest BCUT2D eigenvalue weighted by molar-refractivity contribution is 0.516. The fourth-order valence-electron chi connectivity index (χ4n) is 2.47. The van der Waals surface area contributed by atoms with Gasteiger partial charge in [0.15, 0.2) is 0 Å². The van der Waals surface area contributed by atoms with Gasteiger partial charge in [0.2, 0.25) is 0 Å². The molecule has 3 N–H and O–H groups in total. The standard InChI is InChI=1S/C13H16BrN3/c14-11-4-2-6-13(10(11)8-16)17-12-5-1-3-9(12)7-15/h2,4,6,9,12,17H,1,3,5,7,15H2. The normalized spacial score (nSPS) is 23.4. The van der Waals surface area contributed by atoms with E-state index in [1.165, 1.54) is 12.8 Å². The Bertz CT molecular complexity index is 439. The Hall–Kier alpha value is -1.05. The average Bonchev–Trinajstić information content (AvgIpc) is 2.77. The number of nitriles is 1. The minimum Gasteiger partial charge on any atom is -0.381 e. The van der Waals surface area contributed by atoms with E-state index < -0.39 is 0 Å². The molecule has 17 heavy (non-hydrogen) atoms. The van der Waals surface area contributed by atoms with Crippen molar-refractivity contribution >= 4 is 21.6 Å². The molecule has 0 amide bonds. The van der Waals surface area contributed by atoms with E-state index in [-0.39, 0.29) is 0 Å². The molecule has 2 unspecified atom stereocenters. The van der Waals surface area contributed by atoms with Crippen LogP contribution >= 0.6 is 15.9 Å². The molecule has 0 saturated heterocycles. The van der Waals surface area contributed by atoms with E-state index in [1.807, 2.05) is 18.2 Å². The lowest BCUT2D eigenvalue weighted by Crippen LogP contribution is -2.29. The summed E-state index contributed by atoms with van der Waals surface area (Å²) in [5, 5.41) is 12.6. The third-order valence-electron chi connectivity index (χ3n) is 3.43. The summed E-state index contributed by atoms with van der Waals surface area (Å²) in [4.78, 5) is 0. The SMILES string of the molecule is N#Cc1c(Br)cccc1NC1CCCC1CN. The number of hydrogen-bond donors (Lipinski definition) is 2. The number of nitrogens with two attached hydrogens (primary N) is 1. The summed E-state index contributed by atoms with van der Waals surface area (Å²) < 4.78 is 0.840. The van der Waals surface area contributed by atoms with Crippen molar-refractivity contribution in [1.29, 1.82) is 5.26 Å². The van der Waals surface area contributed by atoms with E-state index in [1.54, 1.807) is 0 Å². The van der Waals surface area contributed by atoms with Gasteiger partial charge >= 0.3 is 0 Å². The van der Waals surface area contributed by atoms with Crippen LogP contribution in [0.2, 0.25) is 0 Å². The first kappa shape index (κ1) is 12.4. The Morgan fingerprint density at radius 1 is 1.47 bits per heavy atom. The fourth-order valence-corrected chi connectivity index (χ4v) is 2.92. The molecule has 2 rings (SSSR count). The van der Waals surface area contributed by atoms with Gasteiger partial charge in [-0.2, -0.15) is 5.26 Å². The summed E-state index contributed by atoms with van der Waals surface area (Å²) in [6.45, 7) is 0.716. The van der Waals surface area contributed by atoms with Crippen LogP contribution in [0.3, 0.4) is 0 Å². The van der Waals surface area contributed by atoms with Gasteiger partial charge in [-0.05, 0) is 53.4 Å². The molecule has 0 heterocycles. The fraction of sp³-hybridized carbons (Fsp3) is 0.462. The molecule has 0 aromatic heterocycles. The average molecular weight is 294 g/mol. The zero-order chi connectivity index (χ0) is 12.3. The maximum Gasteiger partial charge on any atom is 0.103 e. The third kappa shape index (κ3) is 2.62. The summed E-state index contributed by atoms with van der Waals surface area (Å²) >= 11 is 3.40. The maximum absolute atomic E-state index is 9.15. The number of nitrogens with zero attached hydrogens (tertiary/aromatic N) is 1. The van der Waals surface area contributed by atoms with Crippen molar-refractivity contribution in [1.82, 2.24) is 0 Å². The Labute approximate surface area is 110 Å². The number of nitrogens with one attached hydrogen (secondary N) is 1. The third-order valence-corrected chi connectivity index (χ3v) is 4.09. The van der Waals surface area contributed by atoms with Gasteiger partial charge in [0.25, 0.3) is 0 Å². The second-order valence-electron chi connectivity index (χ2n) is 4.45. The van der Waals surface area contributed by atoms with Gasteiger partial charge < -0.3 is 11.1 Å². The quantitative estimate of drug-likeness (QED) is 0.901. The van der Waals surface area contributed by atoms with E-state index in [4.69, 9.17) is 11.0 Å². The molecule has 3 nitrogen and oxygen atoms in total. The van der Waals surface area contributed by atoms with Crippen LogP contribution in [0, 0.1) is 17.2 Å².